The number of amides is 1. The lowest BCUT2D eigenvalue weighted by Crippen LogP contribution is -2.14. The number of anilines is 1. The van der Waals surface area contributed by atoms with Gasteiger partial charge in [0.25, 0.3) is 17.3 Å². The monoisotopic (exact) mass is 472 g/mol. The van der Waals surface area contributed by atoms with Crippen LogP contribution >= 0.6 is 23.2 Å². The van der Waals surface area contributed by atoms with E-state index in [0.717, 1.165) is 12.1 Å². The lowest BCUT2D eigenvalue weighted by atomic mass is 10.1. The van der Waals surface area contributed by atoms with E-state index >= 15 is 0 Å². The second-order valence-electron chi connectivity index (χ2n) is 6.16. The van der Waals surface area contributed by atoms with Crippen LogP contribution in [0.3, 0.4) is 0 Å². The first-order valence-corrected chi connectivity index (χ1v) is 9.36. The van der Waals surface area contributed by atoms with Gasteiger partial charge in [-0.3, -0.25) is 25.0 Å². The van der Waals surface area contributed by atoms with Crippen molar-refractivity contribution in [2.24, 2.45) is 0 Å². The average molecular weight is 473 g/mol. The molecule has 1 amide bonds. The quantitative estimate of drug-likeness (QED) is 0.211. The van der Waals surface area contributed by atoms with Crippen molar-refractivity contribution >= 4 is 52.2 Å². The molecule has 10 nitrogen and oxygen atoms in total. The van der Waals surface area contributed by atoms with Gasteiger partial charge in [0.15, 0.2) is 0 Å². The number of nitrogens with zero attached hydrogens (tertiary/aromatic N) is 3. The number of hydrogen-bond acceptors (Lipinski definition) is 7. The average Bonchev–Trinajstić information content (AvgIpc) is 3.21. The number of benzene rings is 2. The Morgan fingerprint density at radius 1 is 1.00 bits per heavy atom. The molecule has 0 saturated heterocycles. The molecule has 0 fully saturated rings. The normalized spacial score (nSPS) is 11.0. The summed E-state index contributed by atoms with van der Waals surface area (Å²) in [5, 5.41) is 34.4. The van der Waals surface area contributed by atoms with E-state index in [0.29, 0.717) is 0 Å². The Morgan fingerprint density at radius 3 is 2.25 bits per heavy atom. The predicted octanol–water partition coefficient (Wildman–Crippen LogP) is 5.62. The zero-order chi connectivity index (χ0) is 23.4. The van der Waals surface area contributed by atoms with Crippen LogP contribution in [-0.4, -0.2) is 15.8 Å². The number of nitro benzene ring substituents is 2. The molecule has 160 valence electrons. The van der Waals surface area contributed by atoms with Gasteiger partial charge in [-0.25, -0.2) is 0 Å². The van der Waals surface area contributed by atoms with Crippen LogP contribution < -0.4 is 5.32 Å². The van der Waals surface area contributed by atoms with Crippen molar-refractivity contribution in [3.8, 4) is 17.4 Å². The third-order valence-corrected chi connectivity index (χ3v) is 4.58. The second kappa shape index (κ2) is 9.30. The Labute approximate surface area is 189 Å². The zero-order valence-corrected chi connectivity index (χ0v) is 17.3. The molecule has 3 rings (SSSR count). The number of hydrogen-bond donors (Lipinski definition) is 1. The van der Waals surface area contributed by atoms with Crippen LogP contribution in [-0.2, 0) is 4.79 Å². The van der Waals surface area contributed by atoms with Gasteiger partial charge < -0.3 is 9.73 Å². The molecule has 0 radical (unpaired) electrons. The van der Waals surface area contributed by atoms with Crippen molar-refractivity contribution in [2.75, 3.05) is 5.32 Å². The fraction of sp³-hybridized carbons (Fsp3) is 0. The summed E-state index contributed by atoms with van der Waals surface area (Å²) in [7, 11) is 0. The van der Waals surface area contributed by atoms with E-state index in [2.05, 4.69) is 5.32 Å². The van der Waals surface area contributed by atoms with Crippen LogP contribution in [0.5, 0.6) is 0 Å². The molecule has 0 saturated carbocycles. The molecular formula is C20H10Cl2N4O6. The topological polar surface area (TPSA) is 152 Å². The molecule has 1 aromatic heterocycles. The van der Waals surface area contributed by atoms with E-state index in [1.54, 1.807) is 6.07 Å². The first-order chi connectivity index (χ1) is 15.2. The molecule has 1 N–H and O–H groups in total. The molecule has 1 heterocycles. The van der Waals surface area contributed by atoms with Gasteiger partial charge in [-0.1, -0.05) is 23.2 Å². The van der Waals surface area contributed by atoms with E-state index in [9.17, 15) is 30.3 Å². The second-order valence-corrected chi connectivity index (χ2v) is 7.04. The lowest BCUT2D eigenvalue weighted by molar-refractivity contribution is -0.384. The van der Waals surface area contributed by atoms with E-state index in [-0.39, 0.29) is 38.5 Å². The van der Waals surface area contributed by atoms with Crippen molar-refractivity contribution in [3.05, 3.63) is 90.1 Å². The van der Waals surface area contributed by atoms with Crippen molar-refractivity contribution in [2.45, 2.75) is 0 Å². The highest BCUT2D eigenvalue weighted by Crippen LogP contribution is 2.34. The third-order valence-electron chi connectivity index (χ3n) is 4.11. The fourth-order valence-electron chi connectivity index (χ4n) is 2.68. The molecular weight excluding hydrogens is 463 g/mol. The van der Waals surface area contributed by atoms with Crippen LogP contribution in [0.1, 0.15) is 5.76 Å². The predicted molar refractivity (Wildman–Crippen MR) is 116 cm³/mol. The lowest BCUT2D eigenvalue weighted by Gasteiger charge is -2.05. The van der Waals surface area contributed by atoms with Gasteiger partial charge in [-0.05, 0) is 36.4 Å². The number of rotatable bonds is 6. The Morgan fingerprint density at radius 2 is 1.62 bits per heavy atom. The molecule has 3 aromatic rings. The minimum atomic E-state index is -0.923. The minimum absolute atomic E-state index is 0.0570. The SMILES string of the molecule is N#C/C(=C\c1ccc(-c2ccc(Cl)cc2[N+](=O)[O-])o1)C(=O)Nc1ccc(Cl)cc1[N+](=O)[O-]. The van der Waals surface area contributed by atoms with Gasteiger partial charge in [-0.2, -0.15) is 5.26 Å². The van der Waals surface area contributed by atoms with Crippen LogP contribution in [0, 0.1) is 31.6 Å². The van der Waals surface area contributed by atoms with E-state index in [1.807, 2.05) is 0 Å². The molecule has 0 bridgehead atoms. The first kappa shape index (κ1) is 22.5. The standard InChI is InChI=1S/C20H10Cl2N4O6/c21-12-1-4-15(17(8-12)25(28)29)19-6-3-14(32-19)7-11(10-23)20(27)24-16-5-2-13(22)9-18(16)26(30)31/h1-9H,(H,24,27)/b11-7+. The highest BCUT2D eigenvalue weighted by atomic mass is 35.5. The molecule has 0 atom stereocenters. The maximum atomic E-state index is 12.5. The minimum Gasteiger partial charge on any atom is -0.456 e. The third kappa shape index (κ3) is 4.92. The Balaban J connectivity index is 1.90. The van der Waals surface area contributed by atoms with Crippen molar-refractivity contribution < 1.29 is 19.1 Å². The van der Waals surface area contributed by atoms with Crippen molar-refractivity contribution in [1.82, 2.24) is 0 Å². The summed E-state index contributed by atoms with van der Waals surface area (Å²) in [5.74, 6) is -0.749. The summed E-state index contributed by atoms with van der Waals surface area (Å²) in [6.45, 7) is 0. The molecule has 0 aliphatic rings. The van der Waals surface area contributed by atoms with E-state index < -0.39 is 27.0 Å². The number of carbonyl (C=O) groups excluding carboxylic acids is 1. The maximum absolute atomic E-state index is 12.5. The summed E-state index contributed by atoms with van der Waals surface area (Å²) < 4.78 is 5.53. The Kier molecular flexibility index (Phi) is 6.53. The summed E-state index contributed by atoms with van der Waals surface area (Å²) in [5.41, 5.74) is -1.14. The first-order valence-electron chi connectivity index (χ1n) is 8.61. The van der Waals surface area contributed by atoms with Gasteiger partial charge >= 0.3 is 0 Å². The number of halogens is 2. The van der Waals surface area contributed by atoms with Gasteiger partial charge in [0.2, 0.25) is 0 Å². The fourth-order valence-corrected chi connectivity index (χ4v) is 3.01. The number of carbonyl (C=O) groups is 1. The van der Waals surface area contributed by atoms with Crippen LogP contribution in [0.25, 0.3) is 17.4 Å². The van der Waals surface area contributed by atoms with Crippen molar-refractivity contribution in [1.29, 1.82) is 5.26 Å². The molecule has 12 heteroatoms. The molecule has 0 aliphatic carbocycles. The number of furan rings is 1. The van der Waals surface area contributed by atoms with Crippen molar-refractivity contribution in [3.63, 3.8) is 0 Å². The van der Waals surface area contributed by atoms with Gasteiger partial charge in [0, 0.05) is 28.3 Å². The highest BCUT2D eigenvalue weighted by molar-refractivity contribution is 6.31. The number of nitriles is 1. The van der Waals surface area contributed by atoms with Gasteiger partial charge in [0.05, 0.1) is 15.4 Å². The van der Waals surface area contributed by atoms with Crippen LogP contribution in [0.2, 0.25) is 10.0 Å². The van der Waals surface area contributed by atoms with Crippen LogP contribution in [0.4, 0.5) is 17.1 Å². The highest BCUT2D eigenvalue weighted by Gasteiger charge is 2.21. The Bertz CT molecular complexity index is 1330. The molecule has 0 unspecified atom stereocenters. The number of nitrogens with one attached hydrogen (secondary N) is 1. The largest absolute Gasteiger partial charge is 0.456 e. The molecule has 2 aromatic carbocycles. The number of nitro groups is 2. The summed E-state index contributed by atoms with van der Waals surface area (Å²) in [4.78, 5) is 33.6. The zero-order valence-electron chi connectivity index (χ0n) is 15.7. The smallest absolute Gasteiger partial charge is 0.294 e. The molecule has 0 aliphatic heterocycles. The van der Waals surface area contributed by atoms with Gasteiger partial charge in [-0.15, -0.1) is 0 Å². The molecule has 32 heavy (non-hydrogen) atoms. The summed E-state index contributed by atoms with van der Waals surface area (Å²) >= 11 is 11.6. The maximum Gasteiger partial charge on any atom is 0.294 e. The Hall–Kier alpha value is -4.20. The van der Waals surface area contributed by atoms with E-state index in [1.165, 1.54) is 42.5 Å². The summed E-state index contributed by atoms with van der Waals surface area (Å²) in [6, 6.07) is 12.2. The summed E-state index contributed by atoms with van der Waals surface area (Å²) in [6.07, 6.45) is 1.10. The molecule has 0 spiro atoms. The van der Waals surface area contributed by atoms with Crippen LogP contribution in [0.15, 0.2) is 58.5 Å². The van der Waals surface area contributed by atoms with Gasteiger partial charge in [0.1, 0.15) is 28.9 Å². The van der Waals surface area contributed by atoms with E-state index in [4.69, 9.17) is 27.6 Å².